The van der Waals surface area contributed by atoms with Gasteiger partial charge < -0.3 is 10.1 Å². The van der Waals surface area contributed by atoms with Gasteiger partial charge >= 0.3 is 12.1 Å². The Balaban J connectivity index is 1.55. The van der Waals surface area contributed by atoms with E-state index in [9.17, 15) is 22.8 Å². The van der Waals surface area contributed by atoms with Crippen LogP contribution in [0.25, 0.3) is 11.1 Å². The summed E-state index contributed by atoms with van der Waals surface area (Å²) in [5.74, 6) is 0.357. The smallest absolute Gasteiger partial charge is 0.416 e. The van der Waals surface area contributed by atoms with E-state index in [0.717, 1.165) is 62.8 Å². The van der Waals surface area contributed by atoms with E-state index in [4.69, 9.17) is 0 Å². The van der Waals surface area contributed by atoms with Gasteiger partial charge in [-0.2, -0.15) is 13.2 Å². The Morgan fingerprint density at radius 3 is 2.23 bits per heavy atom. The number of halogens is 3. The van der Waals surface area contributed by atoms with Crippen LogP contribution in [0.5, 0.6) is 0 Å². The van der Waals surface area contributed by atoms with Gasteiger partial charge in [0.2, 0.25) is 0 Å². The largest absolute Gasteiger partial charge is 0.469 e. The number of thiophene rings is 1. The van der Waals surface area contributed by atoms with Gasteiger partial charge in [0.05, 0.1) is 24.0 Å². The second-order valence-electron chi connectivity index (χ2n) is 10.3. The third-order valence-corrected chi connectivity index (χ3v) is 9.05. The lowest BCUT2D eigenvalue weighted by Crippen LogP contribution is -2.25. The number of nitrogens with one attached hydrogen (secondary N) is 1. The number of ether oxygens (including phenoxy) is 1. The zero-order valence-electron chi connectivity index (χ0n) is 22.8. The number of hydrogen-bond donors (Lipinski definition) is 1. The molecule has 0 fully saturated rings. The first kappa shape index (κ1) is 30.8. The van der Waals surface area contributed by atoms with Crippen LogP contribution in [0, 0.1) is 19.3 Å². The summed E-state index contributed by atoms with van der Waals surface area (Å²) in [6.07, 6.45) is -2.39. The average Bonchev–Trinajstić information content (AvgIpc) is 3.35. The molecule has 1 aromatic heterocycles. The molecule has 1 heterocycles. The van der Waals surface area contributed by atoms with Crippen LogP contribution in [0.4, 0.5) is 13.2 Å². The zero-order valence-corrected chi connectivity index (χ0v) is 24.5. The van der Waals surface area contributed by atoms with Crippen LogP contribution >= 0.6 is 23.1 Å². The lowest BCUT2D eigenvalue weighted by atomic mass is 9.90. The Bertz CT molecular complexity index is 1270. The molecule has 0 spiro atoms. The van der Waals surface area contributed by atoms with Gasteiger partial charge in [0.25, 0.3) is 5.91 Å². The minimum absolute atomic E-state index is 0.0471. The number of aryl methyl sites for hydroxylation is 3. The minimum Gasteiger partial charge on any atom is -0.469 e. The van der Waals surface area contributed by atoms with Gasteiger partial charge in [0.1, 0.15) is 0 Å². The molecule has 0 bridgehead atoms. The highest BCUT2D eigenvalue weighted by atomic mass is 32.2. The van der Waals surface area contributed by atoms with Gasteiger partial charge in [-0.1, -0.05) is 26.0 Å². The fourth-order valence-corrected chi connectivity index (χ4v) is 6.35. The summed E-state index contributed by atoms with van der Waals surface area (Å²) in [5.41, 5.74) is 3.22. The summed E-state index contributed by atoms with van der Waals surface area (Å²) in [5, 5.41) is 2.74. The van der Waals surface area contributed by atoms with Crippen molar-refractivity contribution in [3.63, 3.8) is 0 Å². The SMILES string of the molecule is COC(=O)CCNC(=O)c1ccc(CCC(C)(C)CSc2cc(C)c(-c3ccc(C(F)(F)F)cc3)c(C)c2)s1. The van der Waals surface area contributed by atoms with Crippen LogP contribution in [0.15, 0.2) is 53.4 Å². The summed E-state index contributed by atoms with van der Waals surface area (Å²) in [4.78, 5) is 26.4. The number of esters is 1. The van der Waals surface area contributed by atoms with Crippen LogP contribution in [0.3, 0.4) is 0 Å². The van der Waals surface area contributed by atoms with Crippen LogP contribution in [0.2, 0.25) is 0 Å². The van der Waals surface area contributed by atoms with Crippen molar-refractivity contribution >= 4 is 35.0 Å². The Morgan fingerprint density at radius 2 is 1.64 bits per heavy atom. The number of rotatable bonds is 11. The van der Waals surface area contributed by atoms with Gasteiger partial charge in [-0.05, 0) is 90.8 Å². The van der Waals surface area contributed by atoms with Crippen LogP contribution in [0.1, 0.15) is 57.9 Å². The highest BCUT2D eigenvalue weighted by Crippen LogP contribution is 2.37. The maximum absolute atomic E-state index is 12.9. The number of thioether (sulfide) groups is 1. The van der Waals surface area contributed by atoms with Crippen molar-refractivity contribution in [3.05, 3.63) is 75.0 Å². The summed E-state index contributed by atoms with van der Waals surface area (Å²) in [6, 6.07) is 13.3. The summed E-state index contributed by atoms with van der Waals surface area (Å²) in [6.45, 7) is 8.69. The fourth-order valence-electron chi connectivity index (χ4n) is 4.20. The second kappa shape index (κ2) is 13.0. The van der Waals surface area contributed by atoms with Gasteiger partial charge in [0, 0.05) is 22.1 Å². The quantitative estimate of drug-likeness (QED) is 0.185. The molecule has 0 radical (unpaired) electrons. The van der Waals surface area contributed by atoms with Crippen molar-refractivity contribution in [1.82, 2.24) is 5.32 Å². The van der Waals surface area contributed by atoms with Gasteiger partial charge in [-0.3, -0.25) is 9.59 Å². The van der Waals surface area contributed by atoms with E-state index in [1.54, 1.807) is 11.8 Å². The molecule has 39 heavy (non-hydrogen) atoms. The molecule has 210 valence electrons. The number of amides is 1. The molecule has 2 aromatic carbocycles. The van der Waals surface area contributed by atoms with E-state index in [1.165, 1.54) is 30.6 Å². The van der Waals surface area contributed by atoms with E-state index < -0.39 is 11.7 Å². The highest BCUT2D eigenvalue weighted by molar-refractivity contribution is 7.99. The first-order valence-electron chi connectivity index (χ1n) is 12.6. The predicted molar refractivity (Wildman–Crippen MR) is 152 cm³/mol. The van der Waals surface area contributed by atoms with E-state index in [0.29, 0.717) is 4.88 Å². The number of carbonyl (C=O) groups excluding carboxylic acids is 2. The minimum atomic E-state index is -4.34. The Hall–Kier alpha value is -2.78. The molecule has 3 rings (SSSR count). The molecule has 9 heteroatoms. The third kappa shape index (κ3) is 8.86. The number of methoxy groups -OCH3 is 1. The van der Waals surface area contributed by atoms with Crippen LogP contribution in [-0.2, 0) is 22.1 Å². The predicted octanol–water partition coefficient (Wildman–Crippen LogP) is 8.09. The molecule has 0 atom stereocenters. The molecular formula is C30H34F3NO3S2. The summed E-state index contributed by atoms with van der Waals surface area (Å²) in [7, 11) is 1.32. The monoisotopic (exact) mass is 577 g/mol. The van der Waals surface area contributed by atoms with Crippen molar-refractivity contribution in [2.45, 2.75) is 58.0 Å². The van der Waals surface area contributed by atoms with E-state index in [1.807, 2.05) is 26.0 Å². The topological polar surface area (TPSA) is 55.4 Å². The summed E-state index contributed by atoms with van der Waals surface area (Å²) < 4.78 is 43.4. The Labute approximate surface area is 236 Å². The molecule has 4 nitrogen and oxygen atoms in total. The second-order valence-corrected chi connectivity index (χ2v) is 12.5. The van der Waals surface area contributed by atoms with Crippen molar-refractivity contribution in [3.8, 4) is 11.1 Å². The molecule has 0 unspecified atom stereocenters. The van der Waals surface area contributed by atoms with Gasteiger partial charge in [0.15, 0.2) is 0 Å². The highest BCUT2D eigenvalue weighted by Gasteiger charge is 2.30. The fraction of sp³-hybridized carbons (Fsp3) is 0.400. The van der Waals surface area contributed by atoms with E-state index in [-0.39, 0.29) is 30.3 Å². The van der Waals surface area contributed by atoms with Gasteiger partial charge in [-0.15, -0.1) is 23.1 Å². The first-order chi connectivity index (χ1) is 18.3. The van der Waals surface area contributed by atoms with Crippen molar-refractivity contribution in [1.29, 1.82) is 0 Å². The number of carbonyl (C=O) groups is 2. The molecule has 1 N–H and O–H groups in total. The van der Waals surface area contributed by atoms with E-state index >= 15 is 0 Å². The maximum Gasteiger partial charge on any atom is 0.416 e. The molecule has 1 amide bonds. The molecule has 0 aliphatic carbocycles. The standard InChI is InChI=1S/C30H34F3NO3S2/c1-19-16-24(17-20(2)27(19)21-6-8-22(9-7-21)30(31,32)33)38-18-29(3,4)14-12-23-10-11-25(39-23)28(36)34-15-13-26(35)37-5/h6-11,16-17H,12-15,18H2,1-5H3,(H,34,36). The Kier molecular flexibility index (Phi) is 10.3. The van der Waals surface area contributed by atoms with Crippen molar-refractivity contribution < 1.29 is 27.5 Å². The van der Waals surface area contributed by atoms with Crippen molar-refractivity contribution in [2.75, 3.05) is 19.4 Å². The average molecular weight is 578 g/mol. The lowest BCUT2D eigenvalue weighted by molar-refractivity contribution is -0.140. The van der Waals surface area contributed by atoms with Gasteiger partial charge in [-0.25, -0.2) is 0 Å². The molecular weight excluding hydrogens is 543 g/mol. The number of hydrogen-bond acceptors (Lipinski definition) is 5. The molecule has 0 aliphatic rings. The normalized spacial score (nSPS) is 11.9. The Morgan fingerprint density at radius 1 is 1.00 bits per heavy atom. The van der Waals surface area contributed by atoms with Crippen molar-refractivity contribution in [2.24, 2.45) is 5.41 Å². The zero-order chi connectivity index (χ0) is 28.8. The molecule has 0 saturated carbocycles. The maximum atomic E-state index is 12.9. The third-order valence-electron chi connectivity index (χ3n) is 6.41. The molecule has 0 saturated heterocycles. The summed E-state index contributed by atoms with van der Waals surface area (Å²) >= 11 is 3.25. The number of benzene rings is 2. The van der Waals surface area contributed by atoms with E-state index in [2.05, 4.69) is 36.0 Å². The van der Waals surface area contributed by atoms with Crippen LogP contribution in [-0.4, -0.2) is 31.3 Å². The number of alkyl halides is 3. The molecule has 0 aliphatic heterocycles. The first-order valence-corrected chi connectivity index (χ1v) is 14.4. The van der Waals surface area contributed by atoms with Crippen LogP contribution < -0.4 is 5.32 Å². The lowest BCUT2D eigenvalue weighted by Gasteiger charge is -2.24. The molecule has 3 aromatic rings.